The lowest BCUT2D eigenvalue weighted by Crippen LogP contribution is -2.39. The molecule has 7 heteroatoms. The van der Waals surface area contributed by atoms with E-state index in [4.69, 9.17) is 16.1 Å². The summed E-state index contributed by atoms with van der Waals surface area (Å²) < 4.78 is 5.26. The fourth-order valence-electron chi connectivity index (χ4n) is 2.85. The largest absolute Gasteiger partial charge is 0.339 e. The minimum atomic E-state index is -0.0466. The van der Waals surface area contributed by atoms with Crippen LogP contribution in [0.2, 0.25) is 5.02 Å². The summed E-state index contributed by atoms with van der Waals surface area (Å²) in [6.45, 7) is 3.80. The van der Waals surface area contributed by atoms with Gasteiger partial charge < -0.3 is 9.84 Å². The van der Waals surface area contributed by atoms with E-state index in [1.165, 1.54) is 0 Å². The van der Waals surface area contributed by atoms with Crippen LogP contribution in [0.4, 0.5) is 5.69 Å². The van der Waals surface area contributed by atoms with Gasteiger partial charge in [0.2, 0.25) is 11.8 Å². The van der Waals surface area contributed by atoms with Crippen molar-refractivity contribution in [1.29, 1.82) is 0 Å². The van der Waals surface area contributed by atoms with E-state index < -0.39 is 0 Å². The molecule has 1 amide bonds. The van der Waals surface area contributed by atoms with Crippen molar-refractivity contribution in [2.24, 2.45) is 0 Å². The van der Waals surface area contributed by atoms with Crippen LogP contribution in [-0.2, 0) is 4.79 Å². The average Bonchev–Trinajstić information content (AvgIpc) is 2.94. The number of carbonyl (C=O) groups is 1. The monoisotopic (exact) mass is 334 g/mol. The summed E-state index contributed by atoms with van der Waals surface area (Å²) in [6, 6.07) is 7.15. The molecule has 1 atom stereocenters. The Balaban J connectivity index is 1.56. The number of piperidine rings is 1. The van der Waals surface area contributed by atoms with Crippen LogP contribution in [0.15, 0.2) is 28.8 Å². The summed E-state index contributed by atoms with van der Waals surface area (Å²) in [6.07, 6.45) is 2.02. The van der Waals surface area contributed by atoms with Crippen LogP contribution in [0.1, 0.15) is 30.5 Å². The number of likely N-dealkylation sites (tertiary alicyclic amines) is 1. The summed E-state index contributed by atoms with van der Waals surface area (Å²) in [5.74, 6) is 1.47. The maximum absolute atomic E-state index is 12.2. The lowest BCUT2D eigenvalue weighted by Gasteiger charge is -2.30. The van der Waals surface area contributed by atoms with Gasteiger partial charge in [-0.3, -0.25) is 9.69 Å². The molecule has 0 aliphatic carbocycles. The van der Waals surface area contributed by atoms with Gasteiger partial charge in [0.15, 0.2) is 5.82 Å². The maximum atomic E-state index is 12.2. The van der Waals surface area contributed by atoms with Crippen molar-refractivity contribution in [1.82, 2.24) is 15.0 Å². The van der Waals surface area contributed by atoms with Gasteiger partial charge in [0.25, 0.3) is 0 Å². The van der Waals surface area contributed by atoms with Gasteiger partial charge in [-0.25, -0.2) is 0 Å². The summed E-state index contributed by atoms with van der Waals surface area (Å²) in [5, 5.41) is 7.32. The Morgan fingerprint density at radius 3 is 3.13 bits per heavy atom. The second-order valence-electron chi connectivity index (χ2n) is 5.81. The van der Waals surface area contributed by atoms with E-state index in [-0.39, 0.29) is 11.8 Å². The topological polar surface area (TPSA) is 71.3 Å². The number of anilines is 1. The lowest BCUT2D eigenvalue weighted by atomic mass is 9.98. The highest BCUT2D eigenvalue weighted by Gasteiger charge is 2.26. The van der Waals surface area contributed by atoms with Crippen LogP contribution in [0, 0.1) is 6.92 Å². The smallest absolute Gasteiger partial charge is 0.238 e. The van der Waals surface area contributed by atoms with Crippen molar-refractivity contribution in [3.05, 3.63) is 41.0 Å². The molecule has 1 aromatic heterocycles. The van der Waals surface area contributed by atoms with E-state index in [1.807, 2.05) is 19.1 Å². The second kappa shape index (κ2) is 7.10. The molecule has 0 bridgehead atoms. The Bertz CT molecular complexity index is 688. The molecule has 1 saturated heterocycles. The molecule has 1 unspecified atom stereocenters. The molecule has 1 fully saturated rings. The first-order valence-corrected chi connectivity index (χ1v) is 8.06. The van der Waals surface area contributed by atoms with Crippen LogP contribution in [0.25, 0.3) is 0 Å². The highest BCUT2D eigenvalue weighted by Crippen LogP contribution is 2.25. The van der Waals surface area contributed by atoms with Crippen molar-refractivity contribution in [2.45, 2.75) is 25.7 Å². The maximum Gasteiger partial charge on any atom is 0.238 e. The number of halogens is 1. The molecule has 1 aliphatic rings. The quantitative estimate of drug-likeness (QED) is 0.931. The molecule has 3 rings (SSSR count). The molecule has 6 nitrogen and oxygen atoms in total. The van der Waals surface area contributed by atoms with E-state index in [9.17, 15) is 4.79 Å². The van der Waals surface area contributed by atoms with Crippen LogP contribution in [0.5, 0.6) is 0 Å². The number of aromatic nitrogens is 2. The number of benzene rings is 1. The van der Waals surface area contributed by atoms with Gasteiger partial charge in [-0.1, -0.05) is 22.8 Å². The fourth-order valence-corrected chi connectivity index (χ4v) is 3.04. The SMILES string of the molecule is Cc1noc(C2CCCN(CC(=O)Nc3cccc(Cl)c3)C2)n1. The standard InChI is InChI=1S/C16H19ClN4O2/c1-11-18-16(23-20-11)12-4-3-7-21(9-12)10-15(22)19-14-6-2-5-13(17)8-14/h2,5-6,8,12H,3-4,7,9-10H2,1H3,(H,19,22). The summed E-state index contributed by atoms with van der Waals surface area (Å²) in [7, 11) is 0. The van der Waals surface area contributed by atoms with Gasteiger partial charge in [0.05, 0.1) is 12.5 Å². The first-order valence-electron chi connectivity index (χ1n) is 7.68. The average molecular weight is 335 g/mol. The van der Waals surface area contributed by atoms with Crippen molar-refractivity contribution in [2.75, 3.05) is 25.0 Å². The number of hydrogen-bond donors (Lipinski definition) is 1. The molecular formula is C16H19ClN4O2. The molecule has 0 radical (unpaired) electrons. The molecular weight excluding hydrogens is 316 g/mol. The molecule has 1 N–H and O–H groups in total. The van der Waals surface area contributed by atoms with Crippen molar-refractivity contribution in [3.63, 3.8) is 0 Å². The number of hydrogen-bond acceptors (Lipinski definition) is 5. The minimum absolute atomic E-state index is 0.0466. The number of amides is 1. The zero-order valence-corrected chi connectivity index (χ0v) is 13.7. The van der Waals surface area contributed by atoms with Crippen LogP contribution >= 0.6 is 11.6 Å². The summed E-state index contributed by atoms with van der Waals surface area (Å²) in [4.78, 5) is 18.6. The lowest BCUT2D eigenvalue weighted by molar-refractivity contribution is -0.117. The molecule has 1 aromatic carbocycles. The number of aryl methyl sites for hydroxylation is 1. The molecule has 1 aliphatic heterocycles. The number of nitrogens with one attached hydrogen (secondary N) is 1. The highest BCUT2D eigenvalue weighted by atomic mass is 35.5. The minimum Gasteiger partial charge on any atom is -0.339 e. The zero-order chi connectivity index (χ0) is 16.2. The Morgan fingerprint density at radius 2 is 2.39 bits per heavy atom. The third-order valence-corrected chi connectivity index (χ3v) is 4.11. The van der Waals surface area contributed by atoms with Crippen molar-refractivity contribution in [3.8, 4) is 0 Å². The summed E-state index contributed by atoms with van der Waals surface area (Å²) >= 11 is 5.92. The number of carbonyl (C=O) groups excluding carboxylic acids is 1. The van der Waals surface area contributed by atoms with Gasteiger partial charge in [0.1, 0.15) is 0 Å². The molecule has 2 heterocycles. The fraction of sp³-hybridized carbons (Fsp3) is 0.438. The second-order valence-corrected chi connectivity index (χ2v) is 6.25. The number of nitrogens with zero attached hydrogens (tertiary/aromatic N) is 3. The first-order chi connectivity index (χ1) is 11.1. The molecule has 0 saturated carbocycles. The third-order valence-electron chi connectivity index (χ3n) is 3.87. The number of rotatable bonds is 4. The van der Waals surface area contributed by atoms with Gasteiger partial charge in [-0.2, -0.15) is 4.98 Å². The van der Waals surface area contributed by atoms with E-state index in [0.29, 0.717) is 29.0 Å². The van der Waals surface area contributed by atoms with Crippen molar-refractivity contribution >= 4 is 23.2 Å². The van der Waals surface area contributed by atoms with E-state index in [1.54, 1.807) is 12.1 Å². The van der Waals surface area contributed by atoms with Gasteiger partial charge in [-0.05, 0) is 44.5 Å². The first kappa shape index (κ1) is 16.0. The van der Waals surface area contributed by atoms with E-state index in [2.05, 4.69) is 20.4 Å². The van der Waals surface area contributed by atoms with Crippen LogP contribution < -0.4 is 5.32 Å². The Hall–Kier alpha value is -1.92. The van der Waals surface area contributed by atoms with Crippen molar-refractivity contribution < 1.29 is 9.32 Å². The highest BCUT2D eigenvalue weighted by molar-refractivity contribution is 6.30. The normalized spacial score (nSPS) is 18.8. The van der Waals surface area contributed by atoms with E-state index in [0.717, 1.165) is 25.9 Å². The summed E-state index contributed by atoms with van der Waals surface area (Å²) in [5.41, 5.74) is 0.712. The Kier molecular flexibility index (Phi) is 4.93. The predicted octanol–water partition coefficient (Wildman–Crippen LogP) is 2.85. The third kappa shape index (κ3) is 4.30. The van der Waals surface area contributed by atoms with Crippen LogP contribution in [0.3, 0.4) is 0 Å². The van der Waals surface area contributed by atoms with Gasteiger partial charge in [0, 0.05) is 17.3 Å². The predicted molar refractivity (Wildman–Crippen MR) is 87.5 cm³/mol. The molecule has 2 aromatic rings. The Morgan fingerprint density at radius 1 is 1.52 bits per heavy atom. The van der Waals surface area contributed by atoms with Crippen LogP contribution in [-0.4, -0.2) is 40.6 Å². The Labute approximate surface area is 139 Å². The molecule has 122 valence electrons. The van der Waals surface area contributed by atoms with Gasteiger partial charge >= 0.3 is 0 Å². The molecule has 23 heavy (non-hydrogen) atoms. The van der Waals surface area contributed by atoms with Gasteiger partial charge in [-0.15, -0.1) is 0 Å². The molecule has 0 spiro atoms. The van der Waals surface area contributed by atoms with E-state index >= 15 is 0 Å². The zero-order valence-electron chi connectivity index (χ0n) is 13.0.